The van der Waals surface area contributed by atoms with Crippen molar-refractivity contribution in [3.8, 4) is 5.75 Å². The second kappa shape index (κ2) is 6.31. The number of benzene rings is 2. The van der Waals surface area contributed by atoms with Crippen molar-refractivity contribution in [2.75, 3.05) is 5.32 Å². The number of para-hydroxylation sites is 1. The number of aryl methyl sites for hydroxylation is 1. The summed E-state index contributed by atoms with van der Waals surface area (Å²) < 4.78 is 0. The highest BCUT2D eigenvalue weighted by atomic mass is 16.6. The van der Waals surface area contributed by atoms with E-state index in [4.69, 9.17) is 0 Å². The summed E-state index contributed by atoms with van der Waals surface area (Å²) >= 11 is 0. The van der Waals surface area contributed by atoms with Crippen LogP contribution in [0.5, 0.6) is 5.75 Å². The predicted octanol–water partition coefficient (Wildman–Crippen LogP) is 4.16. The molecule has 0 unspecified atom stereocenters. The Morgan fingerprint density at radius 1 is 1.21 bits per heavy atom. The molecule has 0 radical (unpaired) electrons. The van der Waals surface area contributed by atoms with E-state index in [9.17, 15) is 20.0 Å². The maximum Gasteiger partial charge on any atom is 0.295 e. The number of carbonyl (C=O) groups is 1. The number of amides is 1. The summed E-state index contributed by atoms with van der Waals surface area (Å²) in [5, 5.41) is 23.7. The Bertz CT molecular complexity index is 807. The molecule has 0 heterocycles. The van der Waals surface area contributed by atoms with Crippen LogP contribution in [0.25, 0.3) is 0 Å². The average molecular weight is 328 g/mol. The van der Waals surface area contributed by atoms with Crippen molar-refractivity contribution in [3.63, 3.8) is 0 Å². The lowest BCUT2D eigenvalue weighted by Gasteiger charge is -2.20. The first-order chi connectivity index (χ1) is 11.1. The smallest absolute Gasteiger partial charge is 0.295 e. The van der Waals surface area contributed by atoms with Crippen molar-refractivity contribution in [3.05, 3.63) is 63.2 Å². The van der Waals surface area contributed by atoms with Gasteiger partial charge in [0, 0.05) is 5.56 Å². The SMILES string of the molecule is Cc1cccc(NC(=O)c2cc(C(C)(C)C)ccc2O)c1[N+](=O)[O-]. The molecule has 2 aromatic carbocycles. The highest BCUT2D eigenvalue weighted by molar-refractivity contribution is 6.07. The molecule has 0 saturated carbocycles. The van der Waals surface area contributed by atoms with Crippen LogP contribution in [-0.4, -0.2) is 15.9 Å². The molecule has 2 aromatic rings. The molecular weight excluding hydrogens is 308 g/mol. The molecule has 1 amide bonds. The number of nitrogens with zero attached hydrogens (tertiary/aromatic N) is 1. The predicted molar refractivity (Wildman–Crippen MR) is 92.6 cm³/mol. The molecule has 0 atom stereocenters. The summed E-state index contributed by atoms with van der Waals surface area (Å²) in [7, 11) is 0. The van der Waals surface area contributed by atoms with Crippen molar-refractivity contribution in [1.82, 2.24) is 0 Å². The molecular formula is C18H20N2O4. The van der Waals surface area contributed by atoms with Crippen molar-refractivity contribution < 1.29 is 14.8 Å². The third-order valence-electron chi connectivity index (χ3n) is 3.78. The lowest BCUT2D eigenvalue weighted by atomic mass is 9.86. The van der Waals surface area contributed by atoms with E-state index in [0.29, 0.717) is 5.56 Å². The third-order valence-corrected chi connectivity index (χ3v) is 3.78. The highest BCUT2D eigenvalue weighted by Gasteiger charge is 2.22. The largest absolute Gasteiger partial charge is 0.507 e. The summed E-state index contributed by atoms with van der Waals surface area (Å²) in [6, 6.07) is 9.51. The van der Waals surface area contributed by atoms with Gasteiger partial charge in [0.2, 0.25) is 0 Å². The van der Waals surface area contributed by atoms with Gasteiger partial charge in [0.25, 0.3) is 11.6 Å². The number of hydrogen-bond donors (Lipinski definition) is 2. The Morgan fingerprint density at radius 3 is 2.46 bits per heavy atom. The molecule has 0 aliphatic rings. The van der Waals surface area contributed by atoms with Gasteiger partial charge in [-0.05, 0) is 36.1 Å². The van der Waals surface area contributed by atoms with Gasteiger partial charge in [-0.15, -0.1) is 0 Å². The minimum absolute atomic E-state index is 0.0817. The zero-order chi connectivity index (χ0) is 18.1. The maximum atomic E-state index is 12.5. The van der Waals surface area contributed by atoms with E-state index in [0.717, 1.165) is 5.56 Å². The number of nitrogens with one attached hydrogen (secondary N) is 1. The van der Waals surface area contributed by atoms with Crippen LogP contribution in [0.4, 0.5) is 11.4 Å². The van der Waals surface area contributed by atoms with Gasteiger partial charge in [-0.25, -0.2) is 0 Å². The van der Waals surface area contributed by atoms with Crippen LogP contribution in [0.2, 0.25) is 0 Å². The topological polar surface area (TPSA) is 92.5 Å². The van der Waals surface area contributed by atoms with Gasteiger partial charge in [0.1, 0.15) is 11.4 Å². The highest BCUT2D eigenvalue weighted by Crippen LogP contribution is 2.31. The lowest BCUT2D eigenvalue weighted by molar-refractivity contribution is -0.384. The number of phenols is 1. The fourth-order valence-electron chi connectivity index (χ4n) is 2.38. The molecule has 2 N–H and O–H groups in total. The second-order valence-electron chi connectivity index (χ2n) is 6.66. The van der Waals surface area contributed by atoms with Crippen LogP contribution in [0.15, 0.2) is 36.4 Å². The van der Waals surface area contributed by atoms with Crippen LogP contribution in [0.3, 0.4) is 0 Å². The number of nitro benzene ring substituents is 1. The van der Waals surface area contributed by atoms with Crippen LogP contribution >= 0.6 is 0 Å². The zero-order valence-corrected chi connectivity index (χ0v) is 14.1. The molecule has 0 spiro atoms. The first kappa shape index (κ1) is 17.5. The van der Waals surface area contributed by atoms with E-state index in [2.05, 4.69) is 5.32 Å². The Morgan fingerprint density at radius 2 is 1.88 bits per heavy atom. The van der Waals surface area contributed by atoms with E-state index in [1.807, 2.05) is 20.8 Å². The Labute approximate surface area is 140 Å². The van der Waals surface area contributed by atoms with Crippen LogP contribution in [0, 0.1) is 17.0 Å². The second-order valence-corrected chi connectivity index (χ2v) is 6.66. The van der Waals surface area contributed by atoms with Gasteiger partial charge < -0.3 is 10.4 Å². The molecule has 6 heteroatoms. The monoisotopic (exact) mass is 328 g/mol. The normalized spacial score (nSPS) is 11.2. The summed E-state index contributed by atoms with van der Waals surface area (Å²) in [5.41, 5.74) is 1.16. The van der Waals surface area contributed by atoms with Gasteiger partial charge in [0.05, 0.1) is 10.5 Å². The van der Waals surface area contributed by atoms with Crippen molar-refractivity contribution in [2.45, 2.75) is 33.1 Å². The molecule has 0 saturated heterocycles. The Kier molecular flexibility index (Phi) is 4.59. The molecule has 6 nitrogen and oxygen atoms in total. The number of hydrogen-bond acceptors (Lipinski definition) is 4. The zero-order valence-electron chi connectivity index (χ0n) is 14.1. The minimum atomic E-state index is -0.590. The van der Waals surface area contributed by atoms with Crippen LogP contribution < -0.4 is 5.32 Å². The number of carbonyl (C=O) groups excluding carboxylic acids is 1. The van der Waals surface area contributed by atoms with Gasteiger partial charge in [0.15, 0.2) is 0 Å². The molecule has 0 bridgehead atoms. The minimum Gasteiger partial charge on any atom is -0.507 e. The van der Waals surface area contributed by atoms with Gasteiger partial charge in [-0.3, -0.25) is 14.9 Å². The molecule has 0 aliphatic heterocycles. The first-order valence-electron chi connectivity index (χ1n) is 7.50. The number of aromatic hydroxyl groups is 1. The van der Waals surface area contributed by atoms with Crippen molar-refractivity contribution in [1.29, 1.82) is 0 Å². The Hall–Kier alpha value is -2.89. The molecule has 0 aromatic heterocycles. The molecule has 0 aliphatic carbocycles. The van der Waals surface area contributed by atoms with Crippen molar-refractivity contribution in [2.24, 2.45) is 0 Å². The van der Waals surface area contributed by atoms with Crippen LogP contribution in [0.1, 0.15) is 42.3 Å². The number of anilines is 1. The molecule has 126 valence electrons. The quantitative estimate of drug-likeness (QED) is 0.653. The van der Waals surface area contributed by atoms with Gasteiger partial charge >= 0.3 is 0 Å². The van der Waals surface area contributed by atoms with Gasteiger partial charge in [-0.1, -0.05) is 39.0 Å². The third kappa shape index (κ3) is 3.53. The summed E-state index contributed by atoms with van der Waals surface area (Å²) in [6.45, 7) is 7.58. The number of rotatable bonds is 3. The lowest BCUT2D eigenvalue weighted by Crippen LogP contribution is -2.16. The summed E-state index contributed by atoms with van der Waals surface area (Å²) in [5.74, 6) is -0.761. The van der Waals surface area contributed by atoms with E-state index < -0.39 is 10.8 Å². The fourth-order valence-corrected chi connectivity index (χ4v) is 2.38. The fraction of sp³-hybridized carbons (Fsp3) is 0.278. The number of nitro groups is 1. The summed E-state index contributed by atoms with van der Waals surface area (Å²) in [4.78, 5) is 23.2. The summed E-state index contributed by atoms with van der Waals surface area (Å²) in [6.07, 6.45) is 0. The average Bonchev–Trinajstić information content (AvgIpc) is 2.45. The van der Waals surface area contributed by atoms with E-state index in [-0.39, 0.29) is 28.1 Å². The Balaban J connectivity index is 2.42. The van der Waals surface area contributed by atoms with Gasteiger partial charge in [-0.2, -0.15) is 0 Å². The first-order valence-corrected chi connectivity index (χ1v) is 7.50. The maximum absolute atomic E-state index is 12.5. The van der Waals surface area contributed by atoms with E-state index in [1.54, 1.807) is 31.2 Å². The van der Waals surface area contributed by atoms with E-state index in [1.165, 1.54) is 12.1 Å². The molecule has 2 rings (SSSR count). The molecule has 0 fully saturated rings. The van der Waals surface area contributed by atoms with E-state index >= 15 is 0 Å². The number of phenolic OH excluding ortho intramolecular Hbond substituents is 1. The van der Waals surface area contributed by atoms with Crippen LogP contribution in [-0.2, 0) is 5.41 Å². The standard InChI is InChI=1S/C18H20N2O4/c1-11-6-5-7-14(16(11)20(23)24)19-17(22)13-10-12(18(2,3)4)8-9-15(13)21/h5-10,21H,1-4H3,(H,19,22). The van der Waals surface area contributed by atoms with Crippen molar-refractivity contribution >= 4 is 17.3 Å². The molecule has 24 heavy (non-hydrogen) atoms.